The Bertz CT molecular complexity index is 598. The highest BCUT2D eigenvalue weighted by Gasteiger charge is 2.11. The van der Waals surface area contributed by atoms with Crippen LogP contribution in [0.3, 0.4) is 0 Å². The van der Waals surface area contributed by atoms with Crippen molar-refractivity contribution < 1.29 is 0 Å². The van der Waals surface area contributed by atoms with Gasteiger partial charge in [0.25, 0.3) is 0 Å². The van der Waals surface area contributed by atoms with Crippen molar-refractivity contribution in [1.82, 2.24) is 15.3 Å². The molecule has 0 saturated carbocycles. The molecule has 2 N–H and O–H groups in total. The minimum atomic E-state index is 0. The van der Waals surface area contributed by atoms with Gasteiger partial charge in [-0.25, -0.2) is 9.98 Å². The van der Waals surface area contributed by atoms with Gasteiger partial charge < -0.3 is 4.90 Å². The Labute approximate surface area is 129 Å². The first-order chi connectivity index (χ1) is 8.83. The third-order valence-corrected chi connectivity index (χ3v) is 2.96. The van der Waals surface area contributed by atoms with Crippen LogP contribution < -0.4 is 10.9 Å². The molecule has 0 radical (unpaired) electrons. The molecule has 19 heavy (non-hydrogen) atoms. The summed E-state index contributed by atoms with van der Waals surface area (Å²) in [7, 11) is 2.01. The molecule has 0 bridgehead atoms. The van der Waals surface area contributed by atoms with Crippen molar-refractivity contribution in [3.05, 3.63) is 36.4 Å². The highest BCUT2D eigenvalue weighted by Crippen LogP contribution is 2.13. The van der Waals surface area contributed by atoms with Crippen LogP contribution in [0.1, 0.15) is 0 Å². The largest absolute Gasteiger partial charge is 0.343 e. The summed E-state index contributed by atoms with van der Waals surface area (Å²) < 4.78 is 0. The number of hydrogen-bond acceptors (Lipinski definition) is 5. The lowest BCUT2D eigenvalue weighted by Crippen LogP contribution is -2.39. The number of fused-ring (bicyclic) bond motifs is 1. The summed E-state index contributed by atoms with van der Waals surface area (Å²) in [6.07, 6.45) is 0. The van der Waals surface area contributed by atoms with E-state index < -0.39 is 0 Å². The fourth-order valence-corrected chi connectivity index (χ4v) is 1.92. The standard InChI is InChI=1S/C13H15N5.HI/c1-18-9-8-14-13(18)17-16-12-7-6-10-4-2-3-5-11(10)15-12;/h2-7H,8-9H2,1H3,(H,14,17)(H,15,16);1H. The van der Waals surface area contributed by atoms with E-state index in [0.717, 1.165) is 35.8 Å². The smallest absolute Gasteiger partial charge is 0.212 e. The summed E-state index contributed by atoms with van der Waals surface area (Å²) in [6.45, 7) is 1.79. The Morgan fingerprint density at radius 1 is 1.11 bits per heavy atom. The van der Waals surface area contributed by atoms with E-state index in [1.54, 1.807) is 0 Å². The van der Waals surface area contributed by atoms with Crippen LogP contribution in [0.5, 0.6) is 0 Å². The Morgan fingerprint density at radius 2 is 1.95 bits per heavy atom. The third kappa shape index (κ3) is 3.06. The zero-order chi connectivity index (χ0) is 12.4. The van der Waals surface area contributed by atoms with Crippen molar-refractivity contribution in [1.29, 1.82) is 0 Å². The molecule has 100 valence electrons. The Hall–Kier alpha value is -1.57. The van der Waals surface area contributed by atoms with Crippen LogP contribution in [-0.4, -0.2) is 36.0 Å². The van der Waals surface area contributed by atoms with E-state index in [1.807, 2.05) is 43.4 Å². The lowest BCUT2D eigenvalue weighted by Gasteiger charge is -2.16. The van der Waals surface area contributed by atoms with Crippen LogP contribution >= 0.6 is 24.0 Å². The van der Waals surface area contributed by atoms with E-state index in [0.29, 0.717) is 0 Å². The summed E-state index contributed by atoms with van der Waals surface area (Å²) in [6, 6.07) is 12.0. The number of guanidine groups is 1. The molecule has 5 nitrogen and oxygen atoms in total. The SMILES string of the molecule is CN1CCN=C1NNc1ccc2ccccc2n1.I. The average Bonchev–Trinajstić information content (AvgIpc) is 2.82. The fourth-order valence-electron chi connectivity index (χ4n) is 1.92. The molecule has 1 aliphatic rings. The number of rotatable bonds is 2. The number of benzene rings is 1. The second kappa shape index (κ2) is 6.05. The summed E-state index contributed by atoms with van der Waals surface area (Å²) in [4.78, 5) is 10.9. The molecule has 6 heteroatoms. The van der Waals surface area contributed by atoms with Gasteiger partial charge in [-0.2, -0.15) is 0 Å². The normalized spacial score (nSPS) is 13.9. The van der Waals surface area contributed by atoms with Crippen LogP contribution in [0.25, 0.3) is 10.9 Å². The second-order valence-corrected chi connectivity index (χ2v) is 4.27. The van der Waals surface area contributed by atoms with Gasteiger partial charge in [0, 0.05) is 19.0 Å². The van der Waals surface area contributed by atoms with Crippen molar-refractivity contribution >= 4 is 46.7 Å². The molecule has 1 aliphatic heterocycles. The Morgan fingerprint density at radius 3 is 2.74 bits per heavy atom. The van der Waals surface area contributed by atoms with Crippen molar-refractivity contribution in [3.8, 4) is 0 Å². The summed E-state index contributed by atoms with van der Waals surface area (Å²) in [5.74, 6) is 1.64. The number of aromatic nitrogens is 1. The molecule has 0 saturated heterocycles. The van der Waals surface area contributed by atoms with Gasteiger partial charge in [-0.15, -0.1) is 24.0 Å². The second-order valence-electron chi connectivity index (χ2n) is 4.27. The van der Waals surface area contributed by atoms with Crippen LogP contribution in [0.15, 0.2) is 41.4 Å². The van der Waals surface area contributed by atoms with Crippen LogP contribution in [0.4, 0.5) is 5.82 Å². The van der Waals surface area contributed by atoms with Gasteiger partial charge in [0.15, 0.2) is 0 Å². The number of likely N-dealkylation sites (N-methyl/N-ethyl adjacent to an activating group) is 1. The first kappa shape index (κ1) is 13.9. The molecule has 1 aromatic carbocycles. The van der Waals surface area contributed by atoms with E-state index in [-0.39, 0.29) is 24.0 Å². The van der Waals surface area contributed by atoms with Crippen LogP contribution in [0.2, 0.25) is 0 Å². The lowest BCUT2D eigenvalue weighted by atomic mass is 10.2. The third-order valence-electron chi connectivity index (χ3n) is 2.96. The molecule has 1 aromatic heterocycles. The zero-order valence-corrected chi connectivity index (χ0v) is 13.0. The molecular weight excluding hydrogens is 353 g/mol. The Balaban J connectivity index is 0.00000133. The molecule has 3 rings (SSSR count). The number of nitrogens with one attached hydrogen (secondary N) is 2. The summed E-state index contributed by atoms with van der Waals surface area (Å²) >= 11 is 0. The van der Waals surface area contributed by atoms with Crippen LogP contribution in [-0.2, 0) is 0 Å². The maximum absolute atomic E-state index is 4.51. The zero-order valence-electron chi connectivity index (χ0n) is 10.6. The van der Waals surface area contributed by atoms with Crippen molar-refractivity contribution in [2.75, 3.05) is 25.6 Å². The number of halogens is 1. The maximum atomic E-state index is 4.51. The quantitative estimate of drug-likeness (QED) is 0.629. The van der Waals surface area contributed by atoms with E-state index in [4.69, 9.17) is 0 Å². The fraction of sp³-hybridized carbons (Fsp3) is 0.231. The number of para-hydroxylation sites is 1. The topological polar surface area (TPSA) is 52.5 Å². The van der Waals surface area contributed by atoms with Crippen molar-refractivity contribution in [2.45, 2.75) is 0 Å². The molecule has 0 fully saturated rings. The average molecular weight is 369 g/mol. The number of hydrazine groups is 1. The maximum Gasteiger partial charge on any atom is 0.212 e. The number of nitrogens with zero attached hydrogens (tertiary/aromatic N) is 3. The number of hydrogen-bond donors (Lipinski definition) is 2. The van der Waals surface area contributed by atoms with Crippen molar-refractivity contribution in [2.24, 2.45) is 4.99 Å². The van der Waals surface area contributed by atoms with E-state index >= 15 is 0 Å². The molecule has 2 aromatic rings. The van der Waals surface area contributed by atoms with Gasteiger partial charge in [-0.05, 0) is 18.2 Å². The van der Waals surface area contributed by atoms with Gasteiger partial charge in [-0.3, -0.25) is 10.9 Å². The van der Waals surface area contributed by atoms with Gasteiger partial charge >= 0.3 is 0 Å². The molecule has 0 unspecified atom stereocenters. The van der Waals surface area contributed by atoms with Crippen molar-refractivity contribution in [3.63, 3.8) is 0 Å². The first-order valence-corrected chi connectivity index (χ1v) is 5.96. The number of pyridine rings is 1. The summed E-state index contributed by atoms with van der Waals surface area (Å²) in [5.41, 5.74) is 7.13. The van der Waals surface area contributed by atoms with E-state index in [2.05, 4.69) is 25.7 Å². The predicted molar refractivity (Wildman–Crippen MR) is 88.8 cm³/mol. The number of anilines is 1. The Kier molecular flexibility index (Phi) is 4.41. The summed E-state index contributed by atoms with van der Waals surface area (Å²) in [5, 5.41) is 1.14. The minimum absolute atomic E-state index is 0. The molecule has 0 aliphatic carbocycles. The number of aliphatic imine (C=N–C) groups is 1. The monoisotopic (exact) mass is 369 g/mol. The van der Waals surface area contributed by atoms with Gasteiger partial charge in [0.1, 0.15) is 5.82 Å². The minimum Gasteiger partial charge on any atom is -0.343 e. The first-order valence-electron chi connectivity index (χ1n) is 5.96. The highest BCUT2D eigenvalue weighted by molar-refractivity contribution is 14.0. The van der Waals surface area contributed by atoms with E-state index in [1.165, 1.54) is 0 Å². The lowest BCUT2D eigenvalue weighted by molar-refractivity contribution is 0.540. The highest BCUT2D eigenvalue weighted by atomic mass is 127. The molecule has 0 amide bonds. The molecule has 0 spiro atoms. The molecule has 0 atom stereocenters. The van der Waals surface area contributed by atoms with Gasteiger partial charge in [-0.1, -0.05) is 18.2 Å². The van der Waals surface area contributed by atoms with Crippen LogP contribution in [0, 0.1) is 0 Å². The molecular formula is C13H16IN5. The van der Waals surface area contributed by atoms with E-state index in [9.17, 15) is 0 Å². The predicted octanol–water partition coefficient (Wildman–Crippen LogP) is 2.07. The molecule has 2 heterocycles. The van der Waals surface area contributed by atoms with Gasteiger partial charge in [0.2, 0.25) is 5.96 Å². The van der Waals surface area contributed by atoms with Gasteiger partial charge in [0.05, 0.1) is 12.1 Å².